The summed E-state index contributed by atoms with van der Waals surface area (Å²) in [5.41, 5.74) is 7.52. The van der Waals surface area contributed by atoms with E-state index in [0.717, 1.165) is 23.5 Å². The zero-order valence-electron chi connectivity index (χ0n) is 9.52. The number of nitrogens with two attached hydrogens (primary N) is 1. The third-order valence-electron chi connectivity index (χ3n) is 2.24. The fraction of sp³-hybridized carbons (Fsp3) is 0.214. The topological polar surface area (TPSA) is 38.9 Å². The number of benzene rings is 1. The van der Waals surface area contributed by atoms with E-state index in [1.165, 1.54) is 5.56 Å². The van der Waals surface area contributed by atoms with Crippen LogP contribution in [0, 0.1) is 11.8 Å². The van der Waals surface area contributed by atoms with Crippen LogP contribution in [0.2, 0.25) is 0 Å². The zero-order chi connectivity index (χ0) is 11.9. The Bertz CT molecular complexity index is 520. The number of hydrogen-bond acceptors (Lipinski definition) is 3. The van der Waals surface area contributed by atoms with Gasteiger partial charge in [0.2, 0.25) is 0 Å². The largest absolute Gasteiger partial charge is 0.330 e. The van der Waals surface area contributed by atoms with Crippen LogP contribution in [0.5, 0.6) is 0 Å². The van der Waals surface area contributed by atoms with Gasteiger partial charge < -0.3 is 5.73 Å². The predicted octanol–water partition coefficient (Wildman–Crippen LogP) is 2.43. The highest BCUT2D eigenvalue weighted by Crippen LogP contribution is 2.14. The van der Waals surface area contributed by atoms with Gasteiger partial charge in [0.05, 0.1) is 5.01 Å². The Balaban J connectivity index is 2.02. The number of rotatable bonds is 3. The van der Waals surface area contributed by atoms with Gasteiger partial charge in [-0.25, -0.2) is 4.98 Å². The van der Waals surface area contributed by atoms with Gasteiger partial charge in [-0.3, -0.25) is 0 Å². The molecular weight excluding hydrogens is 228 g/mol. The molecule has 0 unspecified atom stereocenters. The van der Waals surface area contributed by atoms with Gasteiger partial charge in [-0.1, -0.05) is 36.3 Å². The molecule has 0 saturated carbocycles. The molecule has 0 spiro atoms. The molecule has 0 atom stereocenters. The van der Waals surface area contributed by atoms with Gasteiger partial charge in [0.1, 0.15) is 5.69 Å². The summed E-state index contributed by atoms with van der Waals surface area (Å²) in [4.78, 5) is 4.48. The smallest absolute Gasteiger partial charge is 0.124 e. The zero-order valence-corrected chi connectivity index (χ0v) is 10.3. The molecular formula is C14H14N2S. The lowest BCUT2D eigenvalue weighted by Gasteiger charge is -1.95. The summed E-state index contributed by atoms with van der Waals surface area (Å²) in [6.07, 6.45) is 1.61. The normalized spacial score (nSPS) is 9.71. The molecule has 86 valence electrons. The molecule has 0 bridgehead atoms. The van der Waals surface area contributed by atoms with E-state index >= 15 is 0 Å². The van der Waals surface area contributed by atoms with Gasteiger partial charge >= 0.3 is 0 Å². The Morgan fingerprint density at radius 3 is 2.82 bits per heavy atom. The van der Waals surface area contributed by atoms with Crippen LogP contribution in [-0.2, 0) is 6.42 Å². The van der Waals surface area contributed by atoms with Gasteiger partial charge in [-0.15, -0.1) is 11.3 Å². The van der Waals surface area contributed by atoms with Crippen molar-refractivity contribution in [3.8, 4) is 11.8 Å². The molecule has 0 aliphatic heterocycles. The molecule has 2 aromatic rings. The predicted molar refractivity (Wildman–Crippen MR) is 71.9 cm³/mol. The molecule has 0 saturated heterocycles. The van der Waals surface area contributed by atoms with Gasteiger partial charge in [-0.2, -0.15) is 0 Å². The van der Waals surface area contributed by atoms with Crippen LogP contribution in [0.4, 0.5) is 0 Å². The van der Waals surface area contributed by atoms with Crippen LogP contribution >= 0.6 is 11.3 Å². The first-order chi connectivity index (χ1) is 8.38. The van der Waals surface area contributed by atoms with E-state index in [9.17, 15) is 0 Å². The Labute approximate surface area is 106 Å². The summed E-state index contributed by atoms with van der Waals surface area (Å²) in [6.45, 7) is 0.605. The van der Waals surface area contributed by atoms with Crippen molar-refractivity contribution in [3.63, 3.8) is 0 Å². The van der Waals surface area contributed by atoms with Gasteiger partial charge in [0.15, 0.2) is 0 Å². The second-order valence-corrected chi connectivity index (χ2v) is 4.57. The molecule has 3 heteroatoms. The summed E-state index contributed by atoms with van der Waals surface area (Å²) in [6, 6.07) is 10.3. The van der Waals surface area contributed by atoms with Crippen LogP contribution in [0.1, 0.15) is 22.7 Å². The third-order valence-corrected chi connectivity index (χ3v) is 3.08. The molecule has 17 heavy (non-hydrogen) atoms. The monoisotopic (exact) mass is 242 g/mol. The lowest BCUT2D eigenvalue weighted by atomic mass is 10.2. The fourth-order valence-electron chi connectivity index (χ4n) is 1.45. The van der Waals surface area contributed by atoms with E-state index in [1.807, 2.05) is 23.6 Å². The van der Waals surface area contributed by atoms with Crippen molar-refractivity contribution < 1.29 is 0 Å². The molecule has 1 heterocycles. The van der Waals surface area contributed by atoms with Crippen LogP contribution in [-0.4, -0.2) is 11.5 Å². The number of hydrogen-bond donors (Lipinski definition) is 1. The molecule has 2 rings (SSSR count). The van der Waals surface area contributed by atoms with Gasteiger partial charge in [-0.05, 0) is 11.5 Å². The maximum absolute atomic E-state index is 5.38. The Hall–Kier alpha value is -1.63. The minimum atomic E-state index is 0.605. The minimum Gasteiger partial charge on any atom is -0.330 e. The van der Waals surface area contributed by atoms with Crippen molar-refractivity contribution >= 4 is 11.3 Å². The summed E-state index contributed by atoms with van der Waals surface area (Å²) in [5.74, 6) is 6.02. The second-order valence-electron chi connectivity index (χ2n) is 3.63. The number of thiazole rings is 1. The molecule has 0 aliphatic rings. The molecule has 2 N–H and O–H groups in total. The molecule has 0 radical (unpaired) electrons. The Morgan fingerprint density at radius 1 is 1.24 bits per heavy atom. The Kier molecular flexibility index (Phi) is 4.31. The molecule has 2 nitrogen and oxygen atoms in total. The van der Waals surface area contributed by atoms with Crippen molar-refractivity contribution in [1.29, 1.82) is 0 Å². The van der Waals surface area contributed by atoms with Crippen LogP contribution in [0.15, 0.2) is 35.7 Å². The first kappa shape index (κ1) is 11.8. The van der Waals surface area contributed by atoms with Crippen LogP contribution < -0.4 is 5.73 Å². The van der Waals surface area contributed by atoms with E-state index in [-0.39, 0.29) is 0 Å². The Morgan fingerprint density at radius 2 is 2.06 bits per heavy atom. The highest BCUT2D eigenvalue weighted by atomic mass is 32.1. The van der Waals surface area contributed by atoms with E-state index < -0.39 is 0 Å². The van der Waals surface area contributed by atoms with E-state index in [2.05, 4.69) is 29.0 Å². The van der Waals surface area contributed by atoms with Gasteiger partial charge in [0, 0.05) is 24.8 Å². The first-order valence-corrected chi connectivity index (χ1v) is 6.43. The van der Waals surface area contributed by atoms with Crippen LogP contribution in [0.25, 0.3) is 0 Å². The van der Waals surface area contributed by atoms with Crippen LogP contribution in [0.3, 0.4) is 0 Å². The SMILES string of the molecule is NCCC#Cc1csc(Cc2ccccc2)n1. The lowest BCUT2D eigenvalue weighted by Crippen LogP contribution is -1.95. The summed E-state index contributed by atoms with van der Waals surface area (Å²) < 4.78 is 0. The van der Waals surface area contributed by atoms with E-state index in [1.54, 1.807) is 11.3 Å². The molecule has 0 fully saturated rings. The van der Waals surface area contributed by atoms with Crippen molar-refractivity contribution in [2.24, 2.45) is 5.73 Å². The fourth-order valence-corrected chi connectivity index (χ4v) is 2.21. The third kappa shape index (κ3) is 3.70. The number of aromatic nitrogens is 1. The minimum absolute atomic E-state index is 0.605. The highest BCUT2D eigenvalue weighted by molar-refractivity contribution is 7.09. The average Bonchev–Trinajstić information content (AvgIpc) is 2.79. The maximum Gasteiger partial charge on any atom is 0.124 e. The summed E-state index contributed by atoms with van der Waals surface area (Å²) >= 11 is 1.66. The standard InChI is InChI=1S/C14H14N2S/c15-9-5-4-8-13-11-17-14(16-13)10-12-6-2-1-3-7-12/h1-3,6-7,11H,5,9-10,15H2. The lowest BCUT2D eigenvalue weighted by molar-refractivity contribution is 1.03. The number of nitrogens with zero attached hydrogens (tertiary/aromatic N) is 1. The quantitative estimate of drug-likeness (QED) is 0.840. The van der Waals surface area contributed by atoms with Crippen molar-refractivity contribution in [1.82, 2.24) is 4.98 Å². The first-order valence-electron chi connectivity index (χ1n) is 5.56. The van der Waals surface area contributed by atoms with Crippen molar-refractivity contribution in [2.75, 3.05) is 6.54 Å². The summed E-state index contributed by atoms with van der Waals surface area (Å²) in [7, 11) is 0. The van der Waals surface area contributed by atoms with Gasteiger partial charge in [0.25, 0.3) is 0 Å². The molecule has 0 amide bonds. The molecule has 1 aromatic heterocycles. The average molecular weight is 242 g/mol. The maximum atomic E-state index is 5.38. The highest BCUT2D eigenvalue weighted by Gasteiger charge is 2.00. The summed E-state index contributed by atoms with van der Waals surface area (Å²) in [5, 5.41) is 3.11. The van der Waals surface area contributed by atoms with E-state index in [0.29, 0.717) is 6.54 Å². The molecule has 1 aromatic carbocycles. The second kappa shape index (κ2) is 6.19. The van der Waals surface area contributed by atoms with Crippen molar-refractivity contribution in [3.05, 3.63) is 52.0 Å². The molecule has 0 aliphatic carbocycles. The van der Waals surface area contributed by atoms with Crippen molar-refractivity contribution in [2.45, 2.75) is 12.8 Å². The van der Waals surface area contributed by atoms with E-state index in [4.69, 9.17) is 5.73 Å².